The lowest BCUT2D eigenvalue weighted by atomic mass is 10.1. The van der Waals surface area contributed by atoms with Crippen LogP contribution in [0.2, 0.25) is 0 Å². The summed E-state index contributed by atoms with van der Waals surface area (Å²) in [7, 11) is 1.57. The van der Waals surface area contributed by atoms with E-state index in [1.165, 1.54) is 0 Å². The smallest absolute Gasteiger partial charge is 0.233 e. The third-order valence-electron chi connectivity index (χ3n) is 3.24. The molecule has 0 aromatic carbocycles. The number of carbonyl (C=O) groups excluding carboxylic acids is 1. The van der Waals surface area contributed by atoms with Crippen LogP contribution in [-0.2, 0) is 4.79 Å². The Morgan fingerprint density at radius 2 is 1.89 bits per heavy atom. The number of hydrogen-bond acceptors (Lipinski definition) is 5. The highest BCUT2D eigenvalue weighted by Crippen LogP contribution is 2.15. The van der Waals surface area contributed by atoms with E-state index in [1.54, 1.807) is 13.2 Å². The number of carbonyl (C=O) groups is 1. The summed E-state index contributed by atoms with van der Waals surface area (Å²) in [6.45, 7) is 6.93. The van der Waals surface area contributed by atoms with E-state index in [-0.39, 0.29) is 11.8 Å². The van der Waals surface area contributed by atoms with E-state index in [4.69, 9.17) is 4.74 Å². The molecule has 0 radical (unpaired) electrons. The van der Waals surface area contributed by atoms with Gasteiger partial charge in [0.25, 0.3) is 0 Å². The SMILES string of the molecule is COc1ccc(N2CCN(C(=O)C(C)C)CC2)nn1. The predicted octanol–water partition coefficient (Wildman–Crippen LogP) is 0.790. The van der Waals surface area contributed by atoms with E-state index in [1.807, 2.05) is 24.8 Å². The molecule has 19 heavy (non-hydrogen) atoms. The molecule has 1 aromatic rings. The van der Waals surface area contributed by atoms with Crippen molar-refractivity contribution in [2.24, 2.45) is 5.92 Å². The van der Waals surface area contributed by atoms with Crippen LogP contribution in [0.4, 0.5) is 5.82 Å². The molecule has 1 aliphatic heterocycles. The van der Waals surface area contributed by atoms with Gasteiger partial charge in [0, 0.05) is 38.2 Å². The lowest BCUT2D eigenvalue weighted by Crippen LogP contribution is -2.50. The van der Waals surface area contributed by atoms with Crippen molar-refractivity contribution < 1.29 is 9.53 Å². The minimum atomic E-state index is 0.0623. The van der Waals surface area contributed by atoms with Gasteiger partial charge in [-0.25, -0.2) is 0 Å². The molecule has 0 aliphatic carbocycles. The second kappa shape index (κ2) is 5.86. The van der Waals surface area contributed by atoms with Gasteiger partial charge >= 0.3 is 0 Å². The standard InChI is InChI=1S/C13H20N4O2/c1-10(2)13(18)17-8-6-16(7-9-17)11-4-5-12(19-3)15-14-11/h4-5,10H,6-9H2,1-3H3. The zero-order chi connectivity index (χ0) is 13.8. The molecule has 0 bridgehead atoms. The van der Waals surface area contributed by atoms with Gasteiger partial charge in [0.2, 0.25) is 11.8 Å². The molecule has 0 spiro atoms. The molecule has 0 saturated carbocycles. The van der Waals surface area contributed by atoms with Crippen LogP contribution in [-0.4, -0.2) is 54.3 Å². The zero-order valence-corrected chi connectivity index (χ0v) is 11.7. The van der Waals surface area contributed by atoms with Crippen LogP contribution in [0.3, 0.4) is 0 Å². The molecule has 2 rings (SSSR count). The van der Waals surface area contributed by atoms with E-state index in [2.05, 4.69) is 15.1 Å². The molecular weight excluding hydrogens is 244 g/mol. The van der Waals surface area contributed by atoms with E-state index in [9.17, 15) is 4.79 Å². The Balaban J connectivity index is 1.94. The maximum Gasteiger partial charge on any atom is 0.233 e. The van der Waals surface area contributed by atoms with Crippen LogP contribution in [0.15, 0.2) is 12.1 Å². The summed E-state index contributed by atoms with van der Waals surface area (Å²) in [5, 5.41) is 8.09. The number of ether oxygens (including phenoxy) is 1. The maximum absolute atomic E-state index is 11.9. The molecule has 0 atom stereocenters. The summed E-state index contributed by atoms with van der Waals surface area (Å²) in [6, 6.07) is 3.69. The van der Waals surface area contributed by atoms with Crippen molar-refractivity contribution in [2.45, 2.75) is 13.8 Å². The molecule has 104 valence electrons. The highest BCUT2D eigenvalue weighted by molar-refractivity contribution is 5.78. The first kappa shape index (κ1) is 13.6. The van der Waals surface area contributed by atoms with Gasteiger partial charge in [-0.3, -0.25) is 4.79 Å². The second-order valence-corrected chi connectivity index (χ2v) is 4.90. The lowest BCUT2D eigenvalue weighted by molar-refractivity contribution is -0.134. The van der Waals surface area contributed by atoms with Crippen molar-refractivity contribution in [1.82, 2.24) is 15.1 Å². The number of piperazine rings is 1. The zero-order valence-electron chi connectivity index (χ0n) is 11.7. The van der Waals surface area contributed by atoms with Crippen molar-refractivity contribution in [1.29, 1.82) is 0 Å². The Bertz CT molecular complexity index is 425. The first-order chi connectivity index (χ1) is 9.11. The third kappa shape index (κ3) is 3.13. The first-order valence-electron chi connectivity index (χ1n) is 6.53. The lowest BCUT2D eigenvalue weighted by Gasteiger charge is -2.35. The van der Waals surface area contributed by atoms with Crippen LogP contribution in [0.1, 0.15) is 13.8 Å². The van der Waals surface area contributed by atoms with Gasteiger partial charge in [-0.15, -0.1) is 10.2 Å². The van der Waals surface area contributed by atoms with Crippen LogP contribution in [0, 0.1) is 5.92 Å². The second-order valence-electron chi connectivity index (χ2n) is 4.90. The molecule has 2 heterocycles. The number of methoxy groups -OCH3 is 1. The van der Waals surface area contributed by atoms with Crippen molar-refractivity contribution in [3.05, 3.63) is 12.1 Å². The number of hydrogen-bond donors (Lipinski definition) is 0. The van der Waals surface area contributed by atoms with Crippen molar-refractivity contribution >= 4 is 11.7 Å². The van der Waals surface area contributed by atoms with Gasteiger partial charge in [-0.1, -0.05) is 13.8 Å². The molecule has 6 nitrogen and oxygen atoms in total. The van der Waals surface area contributed by atoms with Gasteiger partial charge in [0.05, 0.1) is 7.11 Å². The largest absolute Gasteiger partial charge is 0.480 e. The quantitative estimate of drug-likeness (QED) is 0.808. The average Bonchev–Trinajstić information content (AvgIpc) is 2.46. The predicted molar refractivity (Wildman–Crippen MR) is 72.2 cm³/mol. The summed E-state index contributed by atoms with van der Waals surface area (Å²) >= 11 is 0. The fourth-order valence-electron chi connectivity index (χ4n) is 2.11. The molecule has 1 aliphatic rings. The Labute approximate surface area is 113 Å². The van der Waals surface area contributed by atoms with E-state index >= 15 is 0 Å². The molecule has 1 aromatic heterocycles. The topological polar surface area (TPSA) is 58.6 Å². The van der Waals surface area contributed by atoms with E-state index in [0.717, 1.165) is 32.0 Å². The van der Waals surface area contributed by atoms with E-state index < -0.39 is 0 Å². The van der Waals surface area contributed by atoms with Crippen molar-refractivity contribution in [2.75, 3.05) is 38.2 Å². The van der Waals surface area contributed by atoms with Gasteiger partial charge in [-0.05, 0) is 6.07 Å². The molecule has 1 amide bonds. The molecular formula is C13H20N4O2. The fraction of sp³-hybridized carbons (Fsp3) is 0.615. The number of rotatable bonds is 3. The Kier molecular flexibility index (Phi) is 4.19. The number of nitrogens with zero attached hydrogens (tertiary/aromatic N) is 4. The molecule has 1 saturated heterocycles. The molecule has 1 fully saturated rings. The summed E-state index contributed by atoms with van der Waals surface area (Å²) in [4.78, 5) is 15.9. The van der Waals surface area contributed by atoms with Crippen LogP contribution in [0.5, 0.6) is 5.88 Å². The third-order valence-corrected chi connectivity index (χ3v) is 3.24. The van der Waals surface area contributed by atoms with Crippen LogP contribution >= 0.6 is 0 Å². The van der Waals surface area contributed by atoms with Gasteiger partial charge in [0.15, 0.2) is 5.82 Å². The molecule has 6 heteroatoms. The summed E-state index contributed by atoms with van der Waals surface area (Å²) in [5.41, 5.74) is 0. The Hall–Kier alpha value is -1.85. The van der Waals surface area contributed by atoms with Crippen LogP contribution < -0.4 is 9.64 Å². The Morgan fingerprint density at radius 3 is 2.37 bits per heavy atom. The van der Waals surface area contributed by atoms with Gasteiger partial charge in [0.1, 0.15) is 0 Å². The van der Waals surface area contributed by atoms with Gasteiger partial charge < -0.3 is 14.5 Å². The summed E-state index contributed by atoms with van der Waals surface area (Å²) in [6.07, 6.45) is 0. The van der Waals surface area contributed by atoms with Crippen molar-refractivity contribution in [3.63, 3.8) is 0 Å². The number of anilines is 1. The first-order valence-corrected chi connectivity index (χ1v) is 6.53. The van der Waals surface area contributed by atoms with Crippen LogP contribution in [0.25, 0.3) is 0 Å². The molecule has 0 unspecified atom stereocenters. The molecule has 0 N–H and O–H groups in total. The average molecular weight is 264 g/mol. The van der Waals surface area contributed by atoms with Crippen molar-refractivity contribution in [3.8, 4) is 5.88 Å². The number of amides is 1. The maximum atomic E-state index is 11.9. The summed E-state index contributed by atoms with van der Waals surface area (Å²) < 4.78 is 4.99. The number of aromatic nitrogens is 2. The highest BCUT2D eigenvalue weighted by Gasteiger charge is 2.23. The van der Waals surface area contributed by atoms with Gasteiger partial charge in [-0.2, -0.15) is 0 Å². The normalized spacial score (nSPS) is 15.8. The monoisotopic (exact) mass is 264 g/mol. The van der Waals surface area contributed by atoms with E-state index in [0.29, 0.717) is 5.88 Å². The highest BCUT2D eigenvalue weighted by atomic mass is 16.5. The fourth-order valence-corrected chi connectivity index (χ4v) is 2.11. The minimum Gasteiger partial charge on any atom is -0.480 e. The summed E-state index contributed by atoms with van der Waals surface area (Å²) in [5.74, 6) is 1.63. The Morgan fingerprint density at radius 1 is 1.21 bits per heavy atom. The minimum absolute atomic E-state index is 0.0623.